The van der Waals surface area contributed by atoms with Crippen molar-refractivity contribution in [3.63, 3.8) is 0 Å². The first-order valence-corrected chi connectivity index (χ1v) is 7.83. The molecular formula is C16H21F3N4O. The third-order valence-electron chi connectivity index (χ3n) is 3.79. The zero-order valence-electron chi connectivity index (χ0n) is 13.5. The number of likely N-dealkylation sites (tertiary alicyclic amines) is 1. The molecule has 2 rings (SSSR count). The van der Waals surface area contributed by atoms with Crippen molar-refractivity contribution in [2.75, 3.05) is 33.2 Å². The summed E-state index contributed by atoms with van der Waals surface area (Å²) in [5, 5.41) is 5.83. The Bertz CT molecular complexity index is 578. The Morgan fingerprint density at radius 1 is 1.12 bits per heavy atom. The molecule has 1 fully saturated rings. The van der Waals surface area contributed by atoms with E-state index in [1.165, 1.54) is 12.1 Å². The molecule has 5 nitrogen and oxygen atoms in total. The molecule has 0 spiro atoms. The van der Waals surface area contributed by atoms with Crippen molar-refractivity contribution in [2.24, 2.45) is 4.99 Å². The fourth-order valence-corrected chi connectivity index (χ4v) is 2.52. The van der Waals surface area contributed by atoms with Gasteiger partial charge >= 0.3 is 6.18 Å². The van der Waals surface area contributed by atoms with Gasteiger partial charge in [0.15, 0.2) is 5.96 Å². The molecule has 1 aliphatic rings. The summed E-state index contributed by atoms with van der Waals surface area (Å²) in [6.45, 7) is 2.79. The highest BCUT2D eigenvalue weighted by atomic mass is 19.4. The molecule has 8 heteroatoms. The van der Waals surface area contributed by atoms with E-state index in [2.05, 4.69) is 20.5 Å². The van der Waals surface area contributed by atoms with Crippen LogP contribution < -0.4 is 10.6 Å². The number of hydrogen-bond donors (Lipinski definition) is 2. The van der Waals surface area contributed by atoms with Gasteiger partial charge in [-0.1, -0.05) is 0 Å². The van der Waals surface area contributed by atoms with Crippen molar-refractivity contribution in [1.82, 2.24) is 15.5 Å². The first-order chi connectivity index (χ1) is 11.4. The number of rotatable bonds is 4. The van der Waals surface area contributed by atoms with Crippen molar-refractivity contribution in [2.45, 2.75) is 19.0 Å². The van der Waals surface area contributed by atoms with Gasteiger partial charge in [-0.2, -0.15) is 13.2 Å². The van der Waals surface area contributed by atoms with Crippen LogP contribution in [0.25, 0.3) is 0 Å². The number of nitrogens with one attached hydrogen (secondary N) is 2. The van der Waals surface area contributed by atoms with Gasteiger partial charge < -0.3 is 15.5 Å². The van der Waals surface area contributed by atoms with Crippen molar-refractivity contribution < 1.29 is 18.0 Å². The lowest BCUT2D eigenvalue weighted by Crippen LogP contribution is -2.42. The lowest BCUT2D eigenvalue weighted by molar-refractivity contribution is -0.137. The lowest BCUT2D eigenvalue weighted by Gasteiger charge is -2.20. The van der Waals surface area contributed by atoms with E-state index >= 15 is 0 Å². The summed E-state index contributed by atoms with van der Waals surface area (Å²) in [6, 6.07) is 4.16. The minimum atomic E-state index is -4.40. The van der Waals surface area contributed by atoms with Crippen LogP contribution in [0.2, 0.25) is 0 Å². The molecular weight excluding hydrogens is 321 g/mol. The Morgan fingerprint density at radius 3 is 2.25 bits per heavy atom. The van der Waals surface area contributed by atoms with Crippen LogP contribution in [0.5, 0.6) is 0 Å². The number of alkyl halides is 3. The van der Waals surface area contributed by atoms with Gasteiger partial charge in [-0.15, -0.1) is 0 Å². The number of halogens is 3. The van der Waals surface area contributed by atoms with Crippen LogP contribution >= 0.6 is 0 Å². The zero-order chi connectivity index (χ0) is 17.6. The number of benzene rings is 1. The van der Waals surface area contributed by atoms with Crippen molar-refractivity contribution in [3.8, 4) is 0 Å². The average Bonchev–Trinajstić information content (AvgIpc) is 3.08. The van der Waals surface area contributed by atoms with Gasteiger partial charge in [-0.05, 0) is 37.1 Å². The topological polar surface area (TPSA) is 56.7 Å². The molecule has 0 aromatic heterocycles. The predicted octanol–water partition coefficient (Wildman–Crippen LogP) is 2.11. The summed E-state index contributed by atoms with van der Waals surface area (Å²) in [7, 11) is 1.71. The SMILES string of the molecule is CN=C(NCCNC(=O)c1ccc(C(F)(F)F)cc1)N1CCCC1. The molecule has 1 aromatic rings. The number of aliphatic imine (C=N–C) groups is 1. The van der Waals surface area contributed by atoms with Crippen LogP contribution in [-0.2, 0) is 6.18 Å². The van der Waals surface area contributed by atoms with Crippen LogP contribution in [0, 0.1) is 0 Å². The maximum absolute atomic E-state index is 12.5. The molecule has 0 radical (unpaired) electrons. The van der Waals surface area contributed by atoms with E-state index in [0.717, 1.165) is 44.0 Å². The molecule has 2 N–H and O–H groups in total. The maximum atomic E-state index is 12.5. The molecule has 1 aromatic carbocycles. The highest BCUT2D eigenvalue weighted by molar-refractivity contribution is 5.94. The quantitative estimate of drug-likeness (QED) is 0.501. The van der Waals surface area contributed by atoms with Crippen LogP contribution in [0.4, 0.5) is 13.2 Å². The minimum absolute atomic E-state index is 0.201. The second kappa shape index (κ2) is 8.03. The Kier molecular flexibility index (Phi) is 6.05. The number of nitrogens with zero attached hydrogens (tertiary/aromatic N) is 2. The number of carbonyl (C=O) groups excluding carboxylic acids is 1. The number of guanidine groups is 1. The lowest BCUT2D eigenvalue weighted by atomic mass is 10.1. The summed E-state index contributed by atoms with van der Waals surface area (Å²) in [4.78, 5) is 18.3. The Labute approximate surface area is 138 Å². The Balaban J connectivity index is 1.76. The predicted molar refractivity (Wildman–Crippen MR) is 85.9 cm³/mol. The number of carbonyl (C=O) groups is 1. The van der Waals surface area contributed by atoms with E-state index in [9.17, 15) is 18.0 Å². The summed E-state index contributed by atoms with van der Waals surface area (Å²) >= 11 is 0. The smallest absolute Gasteiger partial charge is 0.354 e. The third-order valence-corrected chi connectivity index (χ3v) is 3.79. The molecule has 132 valence electrons. The van der Waals surface area contributed by atoms with Gasteiger partial charge in [0.25, 0.3) is 5.91 Å². The van der Waals surface area contributed by atoms with E-state index in [1.807, 2.05) is 0 Å². The molecule has 0 saturated carbocycles. The summed E-state index contributed by atoms with van der Waals surface area (Å²) in [5.74, 6) is 0.401. The number of amides is 1. The van der Waals surface area contributed by atoms with Crippen molar-refractivity contribution >= 4 is 11.9 Å². The third kappa shape index (κ3) is 4.87. The van der Waals surface area contributed by atoms with E-state index in [4.69, 9.17) is 0 Å². The summed E-state index contributed by atoms with van der Waals surface area (Å²) in [5.41, 5.74) is -0.568. The van der Waals surface area contributed by atoms with Gasteiger partial charge in [0.2, 0.25) is 0 Å². The molecule has 24 heavy (non-hydrogen) atoms. The molecule has 0 bridgehead atoms. The van der Waals surface area contributed by atoms with Crippen molar-refractivity contribution in [3.05, 3.63) is 35.4 Å². The second-order valence-electron chi connectivity index (χ2n) is 5.50. The second-order valence-corrected chi connectivity index (χ2v) is 5.50. The van der Waals surface area contributed by atoms with E-state index < -0.39 is 17.6 Å². The van der Waals surface area contributed by atoms with Crippen LogP contribution in [0.1, 0.15) is 28.8 Å². The van der Waals surface area contributed by atoms with Gasteiger partial charge in [0.1, 0.15) is 0 Å². The maximum Gasteiger partial charge on any atom is 0.416 e. The van der Waals surface area contributed by atoms with Gasteiger partial charge in [-0.25, -0.2) is 0 Å². The molecule has 0 unspecified atom stereocenters. The molecule has 1 heterocycles. The summed E-state index contributed by atoms with van der Waals surface area (Å²) < 4.78 is 37.4. The first-order valence-electron chi connectivity index (χ1n) is 7.83. The molecule has 1 aliphatic heterocycles. The first kappa shape index (κ1) is 18.1. The molecule has 0 atom stereocenters. The van der Waals surface area contributed by atoms with Crippen LogP contribution in [-0.4, -0.2) is 50.0 Å². The highest BCUT2D eigenvalue weighted by Gasteiger charge is 2.30. The highest BCUT2D eigenvalue weighted by Crippen LogP contribution is 2.29. The monoisotopic (exact) mass is 342 g/mol. The van der Waals surface area contributed by atoms with Crippen LogP contribution in [0.15, 0.2) is 29.3 Å². The summed E-state index contributed by atoms with van der Waals surface area (Å²) in [6.07, 6.45) is -2.11. The Hall–Kier alpha value is -2.25. The van der Waals surface area contributed by atoms with Gasteiger partial charge in [0, 0.05) is 38.8 Å². The standard InChI is InChI=1S/C16H21F3N4O/c1-20-15(23-10-2-3-11-23)22-9-8-21-14(24)12-4-6-13(7-5-12)16(17,18)19/h4-7H,2-3,8-11H2,1H3,(H,20,22)(H,21,24). The zero-order valence-corrected chi connectivity index (χ0v) is 13.5. The molecule has 1 amide bonds. The van der Waals surface area contributed by atoms with Crippen LogP contribution in [0.3, 0.4) is 0 Å². The molecule has 0 aliphatic carbocycles. The largest absolute Gasteiger partial charge is 0.416 e. The number of hydrogen-bond acceptors (Lipinski definition) is 2. The van der Waals surface area contributed by atoms with E-state index in [-0.39, 0.29) is 5.56 Å². The fourth-order valence-electron chi connectivity index (χ4n) is 2.52. The van der Waals surface area contributed by atoms with Crippen molar-refractivity contribution in [1.29, 1.82) is 0 Å². The Morgan fingerprint density at radius 2 is 1.71 bits per heavy atom. The molecule has 1 saturated heterocycles. The average molecular weight is 342 g/mol. The minimum Gasteiger partial charge on any atom is -0.354 e. The van der Waals surface area contributed by atoms with Gasteiger partial charge in [0.05, 0.1) is 5.56 Å². The van der Waals surface area contributed by atoms with Gasteiger partial charge in [-0.3, -0.25) is 9.79 Å². The van der Waals surface area contributed by atoms with E-state index in [1.54, 1.807) is 7.05 Å². The normalized spacial score (nSPS) is 15.5. The van der Waals surface area contributed by atoms with E-state index in [0.29, 0.717) is 13.1 Å². The fraction of sp³-hybridized carbons (Fsp3) is 0.500.